The third-order valence-corrected chi connectivity index (χ3v) is 4.06. The molecule has 5 N–H and O–H groups in total. The molecule has 2 rings (SSSR count). The van der Waals surface area contributed by atoms with Crippen molar-refractivity contribution in [3.05, 3.63) is 0 Å². The number of methoxy groups -OCH3 is 2. The Morgan fingerprint density at radius 3 is 2.17 bits per heavy atom. The molecule has 9 atom stereocenters. The standard InChI is InChI=1S/C13H24O10/c1-19-10-8(16)6(23-12(18)11(10)20-2)4-22-13-9(17)7(15)5(14)3-21-13/h5-18H,3-4H2,1-2H3/t5-,6-,7+,8+,9-,10+,11-,12-,13+/m1/s1. The molecule has 0 aromatic carbocycles. The van der Waals surface area contributed by atoms with Crippen LogP contribution in [0.25, 0.3) is 0 Å². The van der Waals surface area contributed by atoms with Gasteiger partial charge in [-0.1, -0.05) is 0 Å². The molecule has 0 aliphatic carbocycles. The summed E-state index contributed by atoms with van der Waals surface area (Å²) in [5, 5.41) is 48.8. The zero-order chi connectivity index (χ0) is 17.1. The second kappa shape index (κ2) is 8.12. The summed E-state index contributed by atoms with van der Waals surface area (Å²) in [6.07, 6.45) is -10.4. The van der Waals surface area contributed by atoms with E-state index in [1.54, 1.807) is 0 Å². The predicted octanol–water partition coefficient (Wildman–Crippen LogP) is -3.45. The van der Waals surface area contributed by atoms with Crippen LogP contribution in [0.5, 0.6) is 0 Å². The lowest BCUT2D eigenvalue weighted by Crippen LogP contribution is -2.60. The van der Waals surface area contributed by atoms with E-state index >= 15 is 0 Å². The maximum Gasteiger partial charge on any atom is 0.186 e. The van der Waals surface area contributed by atoms with E-state index in [1.165, 1.54) is 14.2 Å². The van der Waals surface area contributed by atoms with E-state index in [2.05, 4.69) is 0 Å². The van der Waals surface area contributed by atoms with E-state index in [1.807, 2.05) is 0 Å². The quantitative estimate of drug-likeness (QED) is 0.342. The van der Waals surface area contributed by atoms with Gasteiger partial charge in [0.1, 0.15) is 42.7 Å². The molecule has 0 radical (unpaired) electrons. The summed E-state index contributed by atoms with van der Waals surface area (Å²) in [6, 6.07) is 0. The molecule has 136 valence electrons. The van der Waals surface area contributed by atoms with Crippen molar-refractivity contribution in [2.24, 2.45) is 0 Å². The average molecular weight is 340 g/mol. The van der Waals surface area contributed by atoms with Crippen molar-refractivity contribution in [1.82, 2.24) is 0 Å². The van der Waals surface area contributed by atoms with Crippen molar-refractivity contribution in [2.45, 2.75) is 55.3 Å². The first-order valence-corrected chi connectivity index (χ1v) is 7.25. The SMILES string of the molecule is CO[C@@H]1[C@@H](OC)[C@@H](O)[C@@H](CO[C@@H]2OC[C@@H](O)[C@H](O)[C@H]2O)O[C@H]1O. The molecule has 2 fully saturated rings. The van der Waals surface area contributed by atoms with Crippen molar-refractivity contribution in [3.8, 4) is 0 Å². The van der Waals surface area contributed by atoms with E-state index in [-0.39, 0.29) is 13.2 Å². The summed E-state index contributed by atoms with van der Waals surface area (Å²) in [6.45, 7) is -0.439. The molecule has 10 nitrogen and oxygen atoms in total. The molecule has 2 aliphatic heterocycles. The van der Waals surface area contributed by atoms with E-state index in [0.717, 1.165) is 0 Å². The second-order valence-electron chi connectivity index (χ2n) is 5.54. The largest absolute Gasteiger partial charge is 0.388 e. The van der Waals surface area contributed by atoms with Gasteiger partial charge in [-0.2, -0.15) is 0 Å². The Bertz CT molecular complexity index is 369. The van der Waals surface area contributed by atoms with Crippen LogP contribution in [0.15, 0.2) is 0 Å². The summed E-state index contributed by atoms with van der Waals surface area (Å²) >= 11 is 0. The van der Waals surface area contributed by atoms with Crippen LogP contribution in [0.3, 0.4) is 0 Å². The molecule has 2 aliphatic rings. The molecular formula is C13H24O10. The van der Waals surface area contributed by atoms with Crippen LogP contribution in [-0.2, 0) is 23.7 Å². The first-order valence-electron chi connectivity index (χ1n) is 7.25. The molecule has 23 heavy (non-hydrogen) atoms. The molecule has 0 aromatic rings. The molecular weight excluding hydrogens is 316 g/mol. The highest BCUT2D eigenvalue weighted by atomic mass is 16.7. The number of hydrogen-bond donors (Lipinski definition) is 5. The van der Waals surface area contributed by atoms with E-state index in [4.69, 9.17) is 23.7 Å². The summed E-state index contributed by atoms with van der Waals surface area (Å²) in [4.78, 5) is 0. The van der Waals surface area contributed by atoms with Crippen LogP contribution >= 0.6 is 0 Å². The first kappa shape index (κ1) is 18.9. The monoisotopic (exact) mass is 340 g/mol. The molecule has 0 aromatic heterocycles. The summed E-state index contributed by atoms with van der Waals surface area (Å²) in [5.41, 5.74) is 0. The minimum atomic E-state index is -1.45. The van der Waals surface area contributed by atoms with Gasteiger partial charge >= 0.3 is 0 Å². The molecule has 0 spiro atoms. The maximum absolute atomic E-state index is 10.2. The van der Waals surface area contributed by atoms with Crippen molar-refractivity contribution in [2.75, 3.05) is 27.4 Å². The topological polar surface area (TPSA) is 147 Å². The Labute approximate surface area is 133 Å². The Hall–Kier alpha value is -0.400. The molecule has 2 heterocycles. The average Bonchev–Trinajstić information content (AvgIpc) is 2.54. The van der Waals surface area contributed by atoms with Gasteiger partial charge in [-0.05, 0) is 0 Å². The molecule has 0 unspecified atom stereocenters. The normalized spacial score (nSPS) is 48.4. The highest BCUT2D eigenvalue weighted by molar-refractivity contribution is 4.91. The smallest absolute Gasteiger partial charge is 0.186 e. The first-order chi connectivity index (χ1) is 10.9. The number of aliphatic hydroxyl groups is 5. The number of rotatable bonds is 5. The van der Waals surface area contributed by atoms with Gasteiger partial charge in [-0.3, -0.25) is 0 Å². The van der Waals surface area contributed by atoms with Crippen molar-refractivity contribution < 1.29 is 49.2 Å². The molecule has 2 saturated heterocycles. The Balaban J connectivity index is 1.92. The highest BCUT2D eigenvalue weighted by Crippen LogP contribution is 2.25. The van der Waals surface area contributed by atoms with Crippen LogP contribution < -0.4 is 0 Å². The van der Waals surface area contributed by atoms with E-state index < -0.39 is 55.3 Å². The predicted molar refractivity (Wildman–Crippen MR) is 72.2 cm³/mol. The van der Waals surface area contributed by atoms with Crippen molar-refractivity contribution in [3.63, 3.8) is 0 Å². The summed E-state index contributed by atoms with van der Waals surface area (Å²) in [5.74, 6) is 0. The zero-order valence-electron chi connectivity index (χ0n) is 12.9. The summed E-state index contributed by atoms with van der Waals surface area (Å²) < 4.78 is 25.8. The lowest BCUT2D eigenvalue weighted by atomic mass is 9.99. The fraction of sp³-hybridized carbons (Fsp3) is 1.00. The van der Waals surface area contributed by atoms with Crippen LogP contribution in [0.1, 0.15) is 0 Å². The fourth-order valence-corrected chi connectivity index (χ4v) is 2.68. The van der Waals surface area contributed by atoms with Gasteiger partial charge in [-0.15, -0.1) is 0 Å². The minimum Gasteiger partial charge on any atom is -0.388 e. The molecule has 0 saturated carbocycles. The number of aliphatic hydroxyl groups excluding tert-OH is 5. The molecule has 0 bridgehead atoms. The van der Waals surface area contributed by atoms with Gasteiger partial charge < -0.3 is 49.2 Å². The Kier molecular flexibility index (Phi) is 6.68. The van der Waals surface area contributed by atoms with E-state index in [0.29, 0.717) is 0 Å². The van der Waals surface area contributed by atoms with Gasteiger partial charge in [0.05, 0.1) is 13.2 Å². The third kappa shape index (κ3) is 3.99. The maximum atomic E-state index is 10.2. The second-order valence-corrected chi connectivity index (χ2v) is 5.54. The lowest BCUT2D eigenvalue weighted by molar-refractivity contribution is -0.317. The molecule has 10 heteroatoms. The number of hydrogen-bond acceptors (Lipinski definition) is 10. The van der Waals surface area contributed by atoms with Crippen molar-refractivity contribution >= 4 is 0 Å². The van der Waals surface area contributed by atoms with Gasteiger partial charge in [-0.25, -0.2) is 0 Å². The van der Waals surface area contributed by atoms with Gasteiger partial charge in [0.25, 0.3) is 0 Å². The van der Waals surface area contributed by atoms with Gasteiger partial charge in [0, 0.05) is 14.2 Å². The highest BCUT2D eigenvalue weighted by Gasteiger charge is 2.46. The Morgan fingerprint density at radius 2 is 1.57 bits per heavy atom. The van der Waals surface area contributed by atoms with Crippen LogP contribution in [0.2, 0.25) is 0 Å². The zero-order valence-corrected chi connectivity index (χ0v) is 12.9. The van der Waals surface area contributed by atoms with Crippen molar-refractivity contribution in [1.29, 1.82) is 0 Å². The third-order valence-electron chi connectivity index (χ3n) is 4.06. The lowest BCUT2D eigenvalue weighted by Gasteiger charge is -2.42. The van der Waals surface area contributed by atoms with Gasteiger partial charge in [0.15, 0.2) is 12.6 Å². The van der Waals surface area contributed by atoms with Crippen LogP contribution in [-0.4, -0.2) is 108 Å². The molecule has 0 amide bonds. The number of ether oxygens (including phenoxy) is 5. The van der Waals surface area contributed by atoms with E-state index in [9.17, 15) is 25.5 Å². The minimum absolute atomic E-state index is 0.202. The Morgan fingerprint density at radius 1 is 0.913 bits per heavy atom. The van der Waals surface area contributed by atoms with Crippen LogP contribution in [0, 0.1) is 0 Å². The van der Waals surface area contributed by atoms with Crippen LogP contribution in [0.4, 0.5) is 0 Å². The summed E-state index contributed by atoms with van der Waals surface area (Å²) in [7, 11) is 2.72. The fourth-order valence-electron chi connectivity index (χ4n) is 2.68. The van der Waals surface area contributed by atoms with Gasteiger partial charge in [0.2, 0.25) is 0 Å².